The van der Waals surface area contributed by atoms with Gasteiger partial charge in [0.2, 0.25) is 0 Å². The van der Waals surface area contributed by atoms with E-state index in [-0.39, 0.29) is 0 Å². The normalized spacial score (nSPS) is 10.9. The highest BCUT2D eigenvalue weighted by atomic mass is 16.5. The molecule has 0 spiro atoms. The van der Waals surface area contributed by atoms with E-state index >= 15 is 0 Å². The Bertz CT molecular complexity index is 798. The van der Waals surface area contributed by atoms with Crippen molar-refractivity contribution in [1.29, 1.82) is 0 Å². The van der Waals surface area contributed by atoms with Crippen LogP contribution in [-0.4, -0.2) is 13.7 Å². The molecule has 1 heteroatoms. The number of methoxy groups -OCH3 is 1. The zero-order chi connectivity index (χ0) is 18.9. The maximum absolute atomic E-state index is 5.15. The molecule has 0 amide bonds. The fraction of sp³-hybridized carbons (Fsp3) is 0.308. The van der Waals surface area contributed by atoms with Crippen LogP contribution < -0.4 is 0 Å². The minimum absolute atomic E-state index is 0.769. The first kappa shape index (κ1) is 19.4. The van der Waals surface area contributed by atoms with Crippen molar-refractivity contribution in [3.05, 3.63) is 83.9 Å². The Morgan fingerprint density at radius 3 is 1.37 bits per heavy atom. The summed E-state index contributed by atoms with van der Waals surface area (Å²) in [4.78, 5) is 0. The van der Waals surface area contributed by atoms with E-state index < -0.39 is 0 Å². The van der Waals surface area contributed by atoms with Gasteiger partial charge in [0.25, 0.3) is 0 Å². The lowest BCUT2D eigenvalue weighted by atomic mass is 9.98. The van der Waals surface area contributed by atoms with Crippen LogP contribution >= 0.6 is 0 Å². The molecule has 0 bridgehead atoms. The standard InChI is InChI=1S/C26H30O/c1-3-4-5-6-21-7-11-23(12-8-21)25-15-17-26(18-16-25)24-13-9-22(10-14-24)19-20-27-2/h7-18H,3-6,19-20H2,1-2H3. The van der Waals surface area contributed by atoms with Crippen molar-refractivity contribution >= 4 is 0 Å². The largest absolute Gasteiger partial charge is 0.384 e. The predicted octanol–water partition coefficient (Wildman–Crippen LogP) is 6.94. The van der Waals surface area contributed by atoms with Crippen LogP contribution in [0.1, 0.15) is 37.3 Å². The number of hydrogen-bond donors (Lipinski definition) is 0. The zero-order valence-corrected chi connectivity index (χ0v) is 16.6. The molecule has 0 aliphatic carbocycles. The van der Waals surface area contributed by atoms with Crippen molar-refractivity contribution < 1.29 is 4.74 Å². The molecular formula is C26H30O. The van der Waals surface area contributed by atoms with E-state index in [2.05, 4.69) is 79.7 Å². The molecule has 1 nitrogen and oxygen atoms in total. The summed E-state index contributed by atoms with van der Waals surface area (Å²) in [6.07, 6.45) is 6.03. The lowest BCUT2D eigenvalue weighted by Gasteiger charge is -2.07. The van der Waals surface area contributed by atoms with Gasteiger partial charge in [0.1, 0.15) is 0 Å². The summed E-state index contributed by atoms with van der Waals surface area (Å²) >= 11 is 0. The summed E-state index contributed by atoms with van der Waals surface area (Å²) in [6, 6.07) is 26.7. The number of benzene rings is 3. The second-order valence-electron chi connectivity index (χ2n) is 7.17. The SMILES string of the molecule is CCCCCc1ccc(-c2ccc(-c3ccc(CCOC)cc3)cc2)cc1. The summed E-state index contributed by atoms with van der Waals surface area (Å²) < 4.78 is 5.15. The molecule has 3 aromatic rings. The van der Waals surface area contributed by atoms with Crippen LogP contribution in [0.15, 0.2) is 72.8 Å². The monoisotopic (exact) mass is 358 g/mol. The molecule has 0 radical (unpaired) electrons. The number of ether oxygens (including phenoxy) is 1. The smallest absolute Gasteiger partial charge is 0.0502 e. The van der Waals surface area contributed by atoms with Gasteiger partial charge in [-0.05, 0) is 52.6 Å². The average molecular weight is 359 g/mol. The summed E-state index contributed by atoms with van der Waals surface area (Å²) in [6.45, 7) is 3.02. The lowest BCUT2D eigenvalue weighted by molar-refractivity contribution is 0.202. The third kappa shape index (κ3) is 5.55. The summed E-state index contributed by atoms with van der Waals surface area (Å²) in [5, 5.41) is 0. The van der Waals surface area contributed by atoms with E-state index in [0.29, 0.717) is 0 Å². The first-order valence-corrected chi connectivity index (χ1v) is 10.1. The van der Waals surface area contributed by atoms with Crippen LogP contribution in [0.4, 0.5) is 0 Å². The molecular weight excluding hydrogens is 328 g/mol. The Kier molecular flexibility index (Phi) is 7.24. The summed E-state index contributed by atoms with van der Waals surface area (Å²) in [7, 11) is 1.75. The molecule has 0 unspecified atom stereocenters. The van der Waals surface area contributed by atoms with Crippen LogP contribution in [0.3, 0.4) is 0 Å². The molecule has 27 heavy (non-hydrogen) atoms. The molecule has 3 rings (SSSR count). The van der Waals surface area contributed by atoms with E-state index in [1.165, 1.54) is 59.1 Å². The fourth-order valence-corrected chi connectivity index (χ4v) is 3.38. The van der Waals surface area contributed by atoms with Gasteiger partial charge in [-0.25, -0.2) is 0 Å². The van der Waals surface area contributed by atoms with Gasteiger partial charge in [-0.3, -0.25) is 0 Å². The van der Waals surface area contributed by atoms with Gasteiger partial charge in [0.05, 0.1) is 6.61 Å². The van der Waals surface area contributed by atoms with E-state index in [1.807, 2.05) is 0 Å². The third-order valence-corrected chi connectivity index (χ3v) is 5.12. The molecule has 0 aliphatic rings. The highest BCUT2D eigenvalue weighted by Crippen LogP contribution is 2.26. The van der Waals surface area contributed by atoms with Gasteiger partial charge in [0, 0.05) is 7.11 Å². The van der Waals surface area contributed by atoms with Crippen molar-refractivity contribution in [3.63, 3.8) is 0 Å². The van der Waals surface area contributed by atoms with Gasteiger partial charge in [-0.1, -0.05) is 92.6 Å². The topological polar surface area (TPSA) is 9.23 Å². The minimum atomic E-state index is 0.769. The van der Waals surface area contributed by atoms with Crippen molar-refractivity contribution in [2.45, 2.75) is 39.0 Å². The van der Waals surface area contributed by atoms with Crippen molar-refractivity contribution in [2.24, 2.45) is 0 Å². The van der Waals surface area contributed by atoms with Crippen LogP contribution in [0, 0.1) is 0 Å². The molecule has 0 fully saturated rings. The summed E-state index contributed by atoms with van der Waals surface area (Å²) in [5.74, 6) is 0. The van der Waals surface area contributed by atoms with Gasteiger partial charge >= 0.3 is 0 Å². The highest BCUT2D eigenvalue weighted by molar-refractivity contribution is 5.70. The Labute approximate surface area is 164 Å². The molecule has 3 aromatic carbocycles. The number of unbranched alkanes of at least 4 members (excludes halogenated alkanes) is 2. The fourth-order valence-electron chi connectivity index (χ4n) is 3.38. The van der Waals surface area contributed by atoms with E-state index in [0.717, 1.165) is 13.0 Å². The first-order valence-electron chi connectivity index (χ1n) is 10.1. The Balaban J connectivity index is 1.66. The Hall–Kier alpha value is -2.38. The predicted molar refractivity (Wildman–Crippen MR) is 116 cm³/mol. The molecule has 0 atom stereocenters. The Morgan fingerprint density at radius 1 is 0.556 bits per heavy atom. The minimum Gasteiger partial charge on any atom is -0.384 e. The van der Waals surface area contributed by atoms with E-state index in [1.54, 1.807) is 7.11 Å². The molecule has 0 N–H and O–H groups in total. The first-order chi connectivity index (χ1) is 13.3. The van der Waals surface area contributed by atoms with E-state index in [9.17, 15) is 0 Å². The second-order valence-corrected chi connectivity index (χ2v) is 7.17. The van der Waals surface area contributed by atoms with Gasteiger partial charge in [-0.15, -0.1) is 0 Å². The van der Waals surface area contributed by atoms with Crippen LogP contribution in [-0.2, 0) is 17.6 Å². The molecule has 140 valence electrons. The number of aryl methyl sites for hydroxylation is 1. The molecule has 0 aliphatic heterocycles. The van der Waals surface area contributed by atoms with Crippen LogP contribution in [0.2, 0.25) is 0 Å². The van der Waals surface area contributed by atoms with Crippen molar-refractivity contribution in [1.82, 2.24) is 0 Å². The van der Waals surface area contributed by atoms with Crippen LogP contribution in [0.25, 0.3) is 22.3 Å². The second kappa shape index (κ2) is 10.1. The number of rotatable bonds is 9. The van der Waals surface area contributed by atoms with Gasteiger partial charge in [0.15, 0.2) is 0 Å². The average Bonchev–Trinajstić information content (AvgIpc) is 2.73. The third-order valence-electron chi connectivity index (χ3n) is 5.12. The van der Waals surface area contributed by atoms with Gasteiger partial charge < -0.3 is 4.74 Å². The van der Waals surface area contributed by atoms with Crippen LogP contribution in [0.5, 0.6) is 0 Å². The molecule has 0 heterocycles. The Morgan fingerprint density at radius 2 is 0.963 bits per heavy atom. The molecule has 0 saturated heterocycles. The molecule has 0 saturated carbocycles. The summed E-state index contributed by atoms with van der Waals surface area (Å²) in [5.41, 5.74) is 7.84. The van der Waals surface area contributed by atoms with Crippen molar-refractivity contribution in [3.8, 4) is 22.3 Å². The maximum atomic E-state index is 5.15. The van der Waals surface area contributed by atoms with Gasteiger partial charge in [-0.2, -0.15) is 0 Å². The molecule has 0 aromatic heterocycles. The lowest BCUT2D eigenvalue weighted by Crippen LogP contribution is -1.93. The zero-order valence-electron chi connectivity index (χ0n) is 16.6. The quantitative estimate of drug-likeness (QED) is 0.376. The highest BCUT2D eigenvalue weighted by Gasteiger charge is 2.02. The maximum Gasteiger partial charge on any atom is 0.0502 e. The van der Waals surface area contributed by atoms with E-state index in [4.69, 9.17) is 4.74 Å². The van der Waals surface area contributed by atoms with Crippen molar-refractivity contribution in [2.75, 3.05) is 13.7 Å². The number of hydrogen-bond acceptors (Lipinski definition) is 1.